The lowest BCUT2D eigenvalue weighted by Crippen LogP contribution is -2.43. The molecule has 1 aromatic rings. The number of nitrogens with one attached hydrogen (secondary N) is 1. The van der Waals surface area contributed by atoms with Crippen molar-refractivity contribution in [3.05, 3.63) is 35.4 Å². The van der Waals surface area contributed by atoms with Gasteiger partial charge in [-0.15, -0.1) is 0 Å². The van der Waals surface area contributed by atoms with Gasteiger partial charge in [-0.2, -0.15) is 0 Å². The number of hydrogen-bond acceptors (Lipinski definition) is 2. The number of carbonyl (C=O) groups is 2. The molecule has 3 rings (SSSR count). The Morgan fingerprint density at radius 3 is 2.57 bits per heavy atom. The van der Waals surface area contributed by atoms with Crippen molar-refractivity contribution in [1.82, 2.24) is 15.1 Å². The fraction of sp³-hybridized carbons (Fsp3) is 0.556. The van der Waals surface area contributed by atoms with E-state index in [1.807, 2.05) is 28.0 Å². The van der Waals surface area contributed by atoms with Crippen LogP contribution in [0.4, 0.5) is 4.79 Å². The second-order valence-corrected chi connectivity index (χ2v) is 6.47. The molecular formula is C18H25N3O2. The van der Waals surface area contributed by atoms with Gasteiger partial charge in [-0.3, -0.25) is 4.79 Å². The predicted molar refractivity (Wildman–Crippen MR) is 89.6 cm³/mol. The lowest BCUT2D eigenvalue weighted by atomic mass is 9.89. The first-order valence-electron chi connectivity index (χ1n) is 8.55. The van der Waals surface area contributed by atoms with Crippen LogP contribution in [-0.4, -0.2) is 55.0 Å². The molecule has 124 valence electrons. The van der Waals surface area contributed by atoms with Crippen LogP contribution in [0.2, 0.25) is 0 Å². The summed E-state index contributed by atoms with van der Waals surface area (Å²) < 4.78 is 0. The highest BCUT2D eigenvalue weighted by Crippen LogP contribution is 2.28. The zero-order valence-corrected chi connectivity index (χ0v) is 13.8. The summed E-state index contributed by atoms with van der Waals surface area (Å²) in [5.74, 6) is 0.454. The summed E-state index contributed by atoms with van der Waals surface area (Å²) in [5, 5.41) is 2.70. The molecule has 23 heavy (non-hydrogen) atoms. The van der Waals surface area contributed by atoms with Crippen molar-refractivity contribution >= 4 is 11.9 Å². The van der Waals surface area contributed by atoms with Gasteiger partial charge in [0.1, 0.15) is 0 Å². The average Bonchev–Trinajstić information content (AvgIpc) is 3.15. The van der Waals surface area contributed by atoms with E-state index in [0.29, 0.717) is 5.92 Å². The number of carbonyl (C=O) groups excluding carboxylic acids is 2. The van der Waals surface area contributed by atoms with Crippen molar-refractivity contribution in [3.63, 3.8) is 0 Å². The lowest BCUT2D eigenvalue weighted by Gasteiger charge is -2.32. The Hall–Kier alpha value is -2.04. The third-order valence-electron chi connectivity index (χ3n) is 4.92. The Bertz CT molecular complexity index is 581. The molecule has 2 aliphatic rings. The molecule has 5 heteroatoms. The van der Waals surface area contributed by atoms with Crippen LogP contribution >= 0.6 is 0 Å². The molecule has 5 nitrogen and oxygen atoms in total. The third-order valence-corrected chi connectivity index (χ3v) is 4.92. The molecule has 1 aromatic carbocycles. The van der Waals surface area contributed by atoms with Gasteiger partial charge < -0.3 is 15.1 Å². The van der Waals surface area contributed by atoms with E-state index in [2.05, 4.69) is 11.4 Å². The fourth-order valence-electron chi connectivity index (χ4n) is 3.62. The summed E-state index contributed by atoms with van der Waals surface area (Å²) in [6.45, 7) is 3.28. The van der Waals surface area contributed by atoms with Gasteiger partial charge in [0.15, 0.2) is 0 Å². The zero-order valence-electron chi connectivity index (χ0n) is 13.8. The molecule has 0 spiro atoms. The first-order valence-corrected chi connectivity index (χ1v) is 8.55. The van der Waals surface area contributed by atoms with Gasteiger partial charge in [-0.25, -0.2) is 4.79 Å². The fourth-order valence-corrected chi connectivity index (χ4v) is 3.62. The molecule has 0 radical (unpaired) electrons. The van der Waals surface area contributed by atoms with Crippen molar-refractivity contribution in [3.8, 4) is 0 Å². The van der Waals surface area contributed by atoms with Crippen molar-refractivity contribution in [2.45, 2.75) is 31.6 Å². The van der Waals surface area contributed by atoms with Crippen molar-refractivity contribution < 1.29 is 9.59 Å². The number of likely N-dealkylation sites (tertiary alicyclic amines) is 2. The van der Waals surface area contributed by atoms with Crippen LogP contribution in [0.3, 0.4) is 0 Å². The van der Waals surface area contributed by atoms with Crippen LogP contribution in [0.15, 0.2) is 24.3 Å². The molecule has 2 fully saturated rings. The Balaban J connectivity index is 1.74. The maximum absolute atomic E-state index is 12.6. The molecule has 2 heterocycles. The zero-order chi connectivity index (χ0) is 16.2. The minimum atomic E-state index is -0.0148. The Kier molecular flexibility index (Phi) is 4.84. The second kappa shape index (κ2) is 7.02. The van der Waals surface area contributed by atoms with Gasteiger partial charge in [-0.05, 0) is 43.4 Å². The van der Waals surface area contributed by atoms with E-state index in [0.717, 1.165) is 57.4 Å². The number of nitrogens with zero attached hydrogens (tertiary/aromatic N) is 2. The molecule has 0 aliphatic carbocycles. The van der Waals surface area contributed by atoms with E-state index in [9.17, 15) is 9.59 Å². The summed E-state index contributed by atoms with van der Waals surface area (Å²) in [5.41, 5.74) is 1.95. The van der Waals surface area contributed by atoms with Crippen LogP contribution in [0, 0.1) is 0 Å². The quantitative estimate of drug-likeness (QED) is 0.911. The van der Waals surface area contributed by atoms with Gasteiger partial charge in [-0.1, -0.05) is 12.1 Å². The van der Waals surface area contributed by atoms with Gasteiger partial charge in [0.05, 0.1) is 0 Å². The SMILES string of the molecule is CNC(=O)N1CCC[C@H](c2cccc(C(=O)N3CCCC3)c2)C1. The molecule has 0 saturated carbocycles. The molecule has 0 aromatic heterocycles. The highest BCUT2D eigenvalue weighted by Gasteiger charge is 2.25. The highest BCUT2D eigenvalue weighted by molar-refractivity contribution is 5.94. The van der Waals surface area contributed by atoms with E-state index in [1.165, 1.54) is 5.56 Å². The number of urea groups is 1. The maximum Gasteiger partial charge on any atom is 0.317 e. The van der Waals surface area contributed by atoms with Crippen molar-refractivity contribution in [2.75, 3.05) is 33.2 Å². The van der Waals surface area contributed by atoms with Gasteiger partial charge >= 0.3 is 6.03 Å². The van der Waals surface area contributed by atoms with E-state index < -0.39 is 0 Å². The molecule has 0 unspecified atom stereocenters. The average molecular weight is 315 g/mol. The number of piperidine rings is 1. The van der Waals surface area contributed by atoms with Crippen LogP contribution in [-0.2, 0) is 0 Å². The molecule has 2 saturated heterocycles. The molecule has 2 aliphatic heterocycles. The van der Waals surface area contributed by atoms with E-state index in [4.69, 9.17) is 0 Å². The first kappa shape index (κ1) is 15.8. The molecule has 1 N–H and O–H groups in total. The molecule has 3 amide bonds. The van der Waals surface area contributed by atoms with Crippen molar-refractivity contribution in [1.29, 1.82) is 0 Å². The number of amides is 3. The van der Waals surface area contributed by atoms with E-state index in [-0.39, 0.29) is 11.9 Å². The summed E-state index contributed by atoms with van der Waals surface area (Å²) in [7, 11) is 1.67. The summed E-state index contributed by atoms with van der Waals surface area (Å²) >= 11 is 0. The number of hydrogen-bond donors (Lipinski definition) is 1. The van der Waals surface area contributed by atoms with Crippen LogP contribution in [0.5, 0.6) is 0 Å². The minimum Gasteiger partial charge on any atom is -0.341 e. The van der Waals surface area contributed by atoms with Crippen LogP contribution < -0.4 is 5.32 Å². The van der Waals surface area contributed by atoms with Crippen LogP contribution in [0.1, 0.15) is 47.5 Å². The predicted octanol–water partition coefficient (Wildman–Crippen LogP) is 2.44. The third kappa shape index (κ3) is 3.49. The van der Waals surface area contributed by atoms with Gasteiger partial charge in [0.25, 0.3) is 5.91 Å². The normalized spacial score (nSPS) is 21.3. The van der Waals surface area contributed by atoms with E-state index in [1.54, 1.807) is 7.05 Å². The van der Waals surface area contributed by atoms with Crippen LogP contribution in [0.25, 0.3) is 0 Å². The van der Waals surface area contributed by atoms with Gasteiger partial charge in [0, 0.05) is 44.7 Å². The molecule has 0 bridgehead atoms. The first-order chi connectivity index (χ1) is 11.2. The smallest absolute Gasteiger partial charge is 0.317 e. The Morgan fingerprint density at radius 1 is 1.09 bits per heavy atom. The Labute approximate surface area is 137 Å². The largest absolute Gasteiger partial charge is 0.341 e. The number of rotatable bonds is 2. The minimum absolute atomic E-state index is 0.0148. The number of benzene rings is 1. The lowest BCUT2D eigenvalue weighted by molar-refractivity contribution is 0.0792. The molecule has 1 atom stereocenters. The maximum atomic E-state index is 12.6. The van der Waals surface area contributed by atoms with Gasteiger partial charge in [0.2, 0.25) is 0 Å². The Morgan fingerprint density at radius 2 is 1.83 bits per heavy atom. The van der Waals surface area contributed by atoms with E-state index >= 15 is 0 Å². The monoisotopic (exact) mass is 315 g/mol. The summed E-state index contributed by atoms with van der Waals surface area (Å²) in [6, 6.07) is 7.97. The summed E-state index contributed by atoms with van der Waals surface area (Å²) in [6.07, 6.45) is 4.28. The second-order valence-electron chi connectivity index (χ2n) is 6.47. The van der Waals surface area contributed by atoms with Crippen molar-refractivity contribution in [2.24, 2.45) is 0 Å². The topological polar surface area (TPSA) is 52.7 Å². The standard InChI is InChI=1S/C18H25N3O2/c1-19-18(23)21-11-5-8-16(13-21)14-6-4-7-15(12-14)17(22)20-9-2-3-10-20/h4,6-7,12,16H,2-3,5,8-11,13H2,1H3,(H,19,23)/t16-/m0/s1. The molecular weight excluding hydrogens is 290 g/mol. The summed E-state index contributed by atoms with van der Waals surface area (Å²) in [4.78, 5) is 28.2. The highest BCUT2D eigenvalue weighted by atomic mass is 16.2.